The minimum Gasteiger partial charge on any atom is -0.507 e. The quantitative estimate of drug-likeness (QED) is 0.365. The number of halogens is 1. The number of aliphatic hydroxyl groups is 1. The number of carbonyl (C=O) groups excluding carboxylic acids is 1. The van der Waals surface area contributed by atoms with Gasteiger partial charge in [-0.2, -0.15) is 5.10 Å². The first-order valence-corrected chi connectivity index (χ1v) is 11.6. The first-order chi connectivity index (χ1) is 16.0. The van der Waals surface area contributed by atoms with Crippen LogP contribution in [0.15, 0.2) is 42.5 Å². The van der Waals surface area contributed by atoms with E-state index in [1.807, 2.05) is 24.3 Å². The van der Waals surface area contributed by atoms with Crippen LogP contribution in [-0.4, -0.2) is 51.0 Å². The van der Waals surface area contributed by atoms with Crippen molar-refractivity contribution in [3.63, 3.8) is 0 Å². The Hall–Kier alpha value is -3.03. The number of carbonyl (C=O) groups is 1. The Balaban J connectivity index is 1.76. The van der Waals surface area contributed by atoms with Crippen LogP contribution < -0.4 is 4.74 Å². The first-order valence-electron chi connectivity index (χ1n) is 11.3. The highest BCUT2D eigenvalue weighted by atomic mass is 35.5. The summed E-state index contributed by atoms with van der Waals surface area (Å²) in [6.45, 7) is 3.14. The second-order valence-corrected chi connectivity index (χ2v) is 8.57. The average Bonchev–Trinajstić information content (AvgIpc) is 3.36. The molecule has 1 aliphatic rings. The van der Waals surface area contributed by atoms with E-state index < -0.39 is 6.04 Å². The van der Waals surface area contributed by atoms with Crippen molar-refractivity contribution in [2.24, 2.45) is 0 Å². The SMILES string of the molecule is CCCCCOc1cccc(C2c3c(-c4cc(Cl)ccc4O)n[nH]c3C(=O)N2CCCO)c1. The van der Waals surface area contributed by atoms with Crippen LogP contribution in [0, 0.1) is 0 Å². The largest absolute Gasteiger partial charge is 0.507 e. The molecule has 1 unspecified atom stereocenters. The van der Waals surface area contributed by atoms with Crippen LogP contribution >= 0.6 is 11.6 Å². The number of nitrogens with zero attached hydrogens (tertiary/aromatic N) is 2. The Labute approximate surface area is 198 Å². The van der Waals surface area contributed by atoms with Gasteiger partial charge in [0.15, 0.2) is 0 Å². The van der Waals surface area contributed by atoms with Gasteiger partial charge in [0.05, 0.1) is 12.6 Å². The van der Waals surface area contributed by atoms with Gasteiger partial charge in [-0.3, -0.25) is 9.89 Å². The van der Waals surface area contributed by atoms with E-state index in [0.717, 1.165) is 30.6 Å². The molecule has 2 aromatic carbocycles. The topological polar surface area (TPSA) is 98.7 Å². The molecule has 0 saturated heterocycles. The molecule has 7 nitrogen and oxygen atoms in total. The second kappa shape index (κ2) is 10.3. The molecule has 0 aliphatic carbocycles. The monoisotopic (exact) mass is 469 g/mol. The number of phenolic OH excluding ortho intramolecular Hbond substituents is 1. The van der Waals surface area contributed by atoms with E-state index in [1.54, 1.807) is 17.0 Å². The Morgan fingerprint density at radius 2 is 2.03 bits per heavy atom. The lowest BCUT2D eigenvalue weighted by Crippen LogP contribution is -2.31. The Morgan fingerprint density at radius 1 is 1.18 bits per heavy atom. The maximum atomic E-state index is 13.3. The minimum atomic E-state index is -0.439. The van der Waals surface area contributed by atoms with Gasteiger partial charge in [-0.05, 0) is 48.7 Å². The fraction of sp³-hybridized carbons (Fsp3) is 0.360. The van der Waals surface area contributed by atoms with Crippen LogP contribution in [0.1, 0.15) is 60.3 Å². The van der Waals surface area contributed by atoms with Crippen LogP contribution in [0.4, 0.5) is 0 Å². The van der Waals surface area contributed by atoms with E-state index in [4.69, 9.17) is 16.3 Å². The van der Waals surface area contributed by atoms with Crippen molar-refractivity contribution < 1.29 is 19.7 Å². The molecule has 1 amide bonds. The molecular formula is C25H28ClN3O4. The number of unbranched alkanes of at least 4 members (excludes halogenated alkanes) is 2. The number of hydrogen-bond acceptors (Lipinski definition) is 5. The molecule has 1 aliphatic heterocycles. The number of aliphatic hydroxyl groups excluding tert-OH is 1. The van der Waals surface area contributed by atoms with Gasteiger partial charge in [0.25, 0.3) is 5.91 Å². The van der Waals surface area contributed by atoms with Gasteiger partial charge in [0, 0.05) is 29.3 Å². The van der Waals surface area contributed by atoms with Crippen molar-refractivity contribution in [1.82, 2.24) is 15.1 Å². The number of aromatic amines is 1. The third-order valence-corrected chi connectivity index (χ3v) is 6.06. The fourth-order valence-corrected chi connectivity index (χ4v) is 4.41. The highest BCUT2D eigenvalue weighted by Gasteiger charge is 2.42. The normalized spacial score (nSPS) is 15.2. The van der Waals surface area contributed by atoms with E-state index >= 15 is 0 Å². The number of aromatic hydroxyl groups is 1. The van der Waals surface area contributed by atoms with E-state index in [-0.39, 0.29) is 18.3 Å². The van der Waals surface area contributed by atoms with Crippen molar-refractivity contribution in [3.05, 3.63) is 64.3 Å². The van der Waals surface area contributed by atoms with Gasteiger partial charge >= 0.3 is 0 Å². The summed E-state index contributed by atoms with van der Waals surface area (Å²) in [6.07, 6.45) is 3.66. The van der Waals surface area contributed by atoms with Gasteiger partial charge < -0.3 is 19.8 Å². The molecule has 174 valence electrons. The van der Waals surface area contributed by atoms with Crippen molar-refractivity contribution in [3.8, 4) is 22.8 Å². The van der Waals surface area contributed by atoms with Gasteiger partial charge in [0.1, 0.15) is 22.9 Å². The highest BCUT2D eigenvalue weighted by molar-refractivity contribution is 6.31. The summed E-state index contributed by atoms with van der Waals surface area (Å²) in [4.78, 5) is 15.0. The number of nitrogens with one attached hydrogen (secondary N) is 1. The Bertz CT molecular complexity index is 1130. The number of ether oxygens (including phenoxy) is 1. The molecule has 3 N–H and O–H groups in total. The molecule has 0 radical (unpaired) electrons. The maximum absolute atomic E-state index is 13.3. The molecule has 2 heterocycles. The van der Waals surface area contributed by atoms with E-state index in [2.05, 4.69) is 17.1 Å². The molecule has 1 atom stereocenters. The average molecular weight is 470 g/mol. The summed E-state index contributed by atoms with van der Waals surface area (Å²) < 4.78 is 5.95. The van der Waals surface area contributed by atoms with Gasteiger partial charge in [-0.15, -0.1) is 0 Å². The molecule has 0 saturated carbocycles. The first kappa shape index (κ1) is 23.1. The summed E-state index contributed by atoms with van der Waals surface area (Å²) in [5, 5.41) is 27.6. The molecule has 0 bridgehead atoms. The van der Waals surface area contributed by atoms with Crippen LogP contribution in [0.3, 0.4) is 0 Å². The van der Waals surface area contributed by atoms with Crippen molar-refractivity contribution >= 4 is 17.5 Å². The number of phenols is 1. The lowest BCUT2D eigenvalue weighted by Gasteiger charge is -2.26. The second-order valence-electron chi connectivity index (χ2n) is 8.13. The van der Waals surface area contributed by atoms with E-state index in [1.165, 1.54) is 6.07 Å². The Kier molecular flexibility index (Phi) is 7.20. The van der Waals surface area contributed by atoms with Gasteiger partial charge in [-0.1, -0.05) is 43.5 Å². The van der Waals surface area contributed by atoms with Crippen LogP contribution in [-0.2, 0) is 0 Å². The maximum Gasteiger partial charge on any atom is 0.273 e. The summed E-state index contributed by atoms with van der Waals surface area (Å²) in [5.74, 6) is 0.571. The molecule has 0 fully saturated rings. The third kappa shape index (κ3) is 4.70. The number of rotatable bonds is 10. The highest BCUT2D eigenvalue weighted by Crippen LogP contribution is 2.45. The van der Waals surface area contributed by atoms with Crippen LogP contribution in [0.25, 0.3) is 11.3 Å². The summed E-state index contributed by atoms with van der Waals surface area (Å²) in [7, 11) is 0. The van der Waals surface area contributed by atoms with Crippen LogP contribution in [0.2, 0.25) is 5.02 Å². The zero-order chi connectivity index (χ0) is 23.4. The smallest absolute Gasteiger partial charge is 0.273 e. The third-order valence-electron chi connectivity index (χ3n) is 5.83. The summed E-state index contributed by atoms with van der Waals surface area (Å²) in [6, 6.07) is 12.0. The van der Waals surface area contributed by atoms with E-state index in [9.17, 15) is 15.0 Å². The predicted molar refractivity (Wildman–Crippen MR) is 127 cm³/mol. The molecule has 3 aromatic rings. The van der Waals surface area contributed by atoms with Crippen LogP contribution in [0.5, 0.6) is 11.5 Å². The number of fused-ring (bicyclic) bond motifs is 1. The minimum absolute atomic E-state index is 0.0226. The van der Waals surface area contributed by atoms with Gasteiger partial charge in [-0.25, -0.2) is 0 Å². The predicted octanol–water partition coefficient (Wildman–Crippen LogP) is 4.93. The number of aromatic nitrogens is 2. The van der Waals surface area contributed by atoms with Crippen molar-refractivity contribution in [2.75, 3.05) is 19.8 Å². The van der Waals surface area contributed by atoms with Crippen molar-refractivity contribution in [1.29, 1.82) is 0 Å². The van der Waals surface area contributed by atoms with Crippen molar-refractivity contribution in [2.45, 2.75) is 38.6 Å². The Morgan fingerprint density at radius 3 is 2.82 bits per heavy atom. The lowest BCUT2D eigenvalue weighted by atomic mass is 9.95. The number of hydrogen-bond donors (Lipinski definition) is 3. The molecule has 8 heteroatoms. The standard InChI is InChI=1S/C25H28ClN3O4/c1-2-3-4-13-33-18-8-5-7-16(14-18)24-21-22(19-15-17(26)9-10-20(19)31)27-28-23(21)25(32)29(24)11-6-12-30/h5,7-10,14-15,24,30-31H,2-4,6,11-13H2,1H3,(H,27,28). The summed E-state index contributed by atoms with van der Waals surface area (Å²) >= 11 is 6.18. The number of H-pyrrole nitrogens is 1. The molecule has 0 spiro atoms. The van der Waals surface area contributed by atoms with Gasteiger partial charge in [0.2, 0.25) is 0 Å². The zero-order valence-electron chi connectivity index (χ0n) is 18.6. The summed E-state index contributed by atoms with van der Waals surface area (Å²) in [5.41, 5.74) is 2.86. The molecule has 1 aromatic heterocycles. The molecule has 33 heavy (non-hydrogen) atoms. The molecule has 4 rings (SSSR count). The molecular weight excluding hydrogens is 442 g/mol. The fourth-order valence-electron chi connectivity index (χ4n) is 4.23. The number of benzene rings is 2. The zero-order valence-corrected chi connectivity index (χ0v) is 19.3. The lowest BCUT2D eigenvalue weighted by molar-refractivity contribution is 0.0732. The van der Waals surface area contributed by atoms with E-state index in [0.29, 0.717) is 47.1 Å². The number of amides is 1.